The number of amides is 2. The molecule has 1 aliphatic heterocycles. The van der Waals surface area contributed by atoms with Gasteiger partial charge in [-0.2, -0.15) is 0 Å². The Morgan fingerprint density at radius 2 is 1.81 bits per heavy atom. The summed E-state index contributed by atoms with van der Waals surface area (Å²) in [5, 5.41) is 3.67. The van der Waals surface area contributed by atoms with Gasteiger partial charge in [0, 0.05) is 24.5 Å². The summed E-state index contributed by atoms with van der Waals surface area (Å²) >= 11 is 5.96. The zero-order valence-electron chi connectivity index (χ0n) is 16.1. The Morgan fingerprint density at radius 3 is 2.35 bits per heavy atom. The van der Waals surface area contributed by atoms with Gasteiger partial charge >= 0.3 is 0 Å². The van der Waals surface area contributed by atoms with E-state index in [0.29, 0.717) is 24.7 Å². The number of nitrogens with zero attached hydrogens (tertiary/aromatic N) is 1. The van der Waals surface area contributed by atoms with Crippen molar-refractivity contribution in [2.75, 3.05) is 13.1 Å². The Kier molecular flexibility index (Phi) is 7.95. The van der Waals surface area contributed by atoms with Crippen LogP contribution in [0.1, 0.15) is 64.4 Å². The van der Waals surface area contributed by atoms with Crippen LogP contribution in [0.25, 0.3) is 0 Å². The molecule has 0 saturated carbocycles. The summed E-state index contributed by atoms with van der Waals surface area (Å²) in [4.78, 5) is 26.8. The fourth-order valence-electron chi connectivity index (χ4n) is 3.41. The first-order chi connectivity index (χ1) is 12.4. The number of nitrogens with one attached hydrogen (secondary N) is 1. The summed E-state index contributed by atoms with van der Waals surface area (Å²) in [6.07, 6.45) is 3.86. The summed E-state index contributed by atoms with van der Waals surface area (Å²) in [5.74, 6) is 0.996. The van der Waals surface area contributed by atoms with E-state index in [1.165, 1.54) is 5.56 Å². The molecule has 1 aromatic rings. The van der Waals surface area contributed by atoms with Crippen LogP contribution in [0.5, 0.6) is 0 Å². The summed E-state index contributed by atoms with van der Waals surface area (Å²) < 4.78 is 0. The topological polar surface area (TPSA) is 49.4 Å². The molecule has 1 aliphatic rings. The van der Waals surface area contributed by atoms with Gasteiger partial charge in [0.25, 0.3) is 0 Å². The lowest BCUT2D eigenvalue weighted by Crippen LogP contribution is -2.50. The lowest BCUT2D eigenvalue weighted by molar-refractivity contribution is -0.137. The number of carbonyl (C=O) groups is 2. The van der Waals surface area contributed by atoms with Crippen molar-refractivity contribution in [1.29, 1.82) is 0 Å². The minimum atomic E-state index is -0.401. The molecular weight excluding hydrogens is 348 g/mol. The van der Waals surface area contributed by atoms with Crippen LogP contribution < -0.4 is 5.32 Å². The van der Waals surface area contributed by atoms with Gasteiger partial charge in [-0.3, -0.25) is 9.59 Å². The zero-order valence-corrected chi connectivity index (χ0v) is 16.9. The second kappa shape index (κ2) is 9.96. The average Bonchev–Trinajstić information content (AvgIpc) is 2.64. The molecule has 0 bridgehead atoms. The van der Waals surface area contributed by atoms with Crippen molar-refractivity contribution in [2.24, 2.45) is 5.92 Å². The van der Waals surface area contributed by atoms with Crippen molar-refractivity contribution < 1.29 is 9.59 Å². The number of hydrogen-bond donors (Lipinski definition) is 1. The molecule has 4 nitrogen and oxygen atoms in total. The number of likely N-dealkylation sites (tertiary alicyclic amines) is 1. The maximum atomic E-state index is 12.8. The van der Waals surface area contributed by atoms with Gasteiger partial charge < -0.3 is 10.2 Å². The predicted octanol–water partition coefficient (Wildman–Crippen LogP) is 4.38. The molecule has 2 rings (SSSR count). The highest BCUT2D eigenvalue weighted by Crippen LogP contribution is 2.29. The third kappa shape index (κ3) is 6.01. The number of benzene rings is 1. The van der Waals surface area contributed by atoms with E-state index in [4.69, 9.17) is 11.6 Å². The summed E-state index contributed by atoms with van der Waals surface area (Å²) in [6, 6.07) is 7.60. The van der Waals surface area contributed by atoms with Crippen molar-refractivity contribution in [3.63, 3.8) is 0 Å². The van der Waals surface area contributed by atoms with Crippen LogP contribution in [0.3, 0.4) is 0 Å². The first kappa shape index (κ1) is 20.8. The Hall–Kier alpha value is -1.55. The van der Waals surface area contributed by atoms with Crippen molar-refractivity contribution in [2.45, 2.75) is 64.8 Å². The normalized spacial score (nSPS) is 16.6. The van der Waals surface area contributed by atoms with E-state index in [1.54, 1.807) is 0 Å². The Bertz CT molecular complexity index is 593. The predicted molar refractivity (Wildman–Crippen MR) is 106 cm³/mol. The molecule has 1 saturated heterocycles. The second-order valence-corrected chi connectivity index (χ2v) is 8.05. The molecule has 0 aromatic heterocycles. The minimum Gasteiger partial charge on any atom is -0.344 e. The highest BCUT2D eigenvalue weighted by Gasteiger charge is 2.28. The van der Waals surface area contributed by atoms with Crippen LogP contribution in [-0.2, 0) is 9.59 Å². The molecule has 0 radical (unpaired) electrons. The summed E-state index contributed by atoms with van der Waals surface area (Å²) in [7, 11) is 0. The van der Waals surface area contributed by atoms with Crippen molar-refractivity contribution in [3.05, 3.63) is 34.9 Å². The van der Waals surface area contributed by atoms with Gasteiger partial charge in [-0.1, -0.05) is 44.5 Å². The third-order valence-corrected chi connectivity index (χ3v) is 5.39. The fraction of sp³-hybridized carbons (Fsp3) is 0.619. The smallest absolute Gasteiger partial charge is 0.245 e. The van der Waals surface area contributed by atoms with Crippen LogP contribution in [0, 0.1) is 5.92 Å². The van der Waals surface area contributed by atoms with E-state index >= 15 is 0 Å². The molecular formula is C21H31ClN2O2. The molecule has 144 valence electrons. The largest absolute Gasteiger partial charge is 0.344 e. The van der Waals surface area contributed by atoms with Gasteiger partial charge in [0.1, 0.15) is 6.04 Å². The molecule has 2 amide bonds. The maximum Gasteiger partial charge on any atom is 0.245 e. The highest BCUT2D eigenvalue weighted by molar-refractivity contribution is 6.30. The average molecular weight is 379 g/mol. The summed E-state index contributed by atoms with van der Waals surface area (Å²) in [6.45, 7) is 7.63. The molecule has 1 atom stereocenters. The zero-order chi connectivity index (χ0) is 19.1. The molecule has 26 heavy (non-hydrogen) atoms. The van der Waals surface area contributed by atoms with Crippen molar-refractivity contribution >= 4 is 23.4 Å². The van der Waals surface area contributed by atoms with E-state index in [0.717, 1.165) is 37.4 Å². The van der Waals surface area contributed by atoms with Gasteiger partial charge in [-0.15, -0.1) is 0 Å². The van der Waals surface area contributed by atoms with Crippen molar-refractivity contribution in [1.82, 2.24) is 10.2 Å². The van der Waals surface area contributed by atoms with Gasteiger partial charge in [-0.05, 0) is 55.2 Å². The number of halogens is 1. The number of rotatable bonds is 7. The van der Waals surface area contributed by atoms with Crippen molar-refractivity contribution in [3.8, 4) is 0 Å². The van der Waals surface area contributed by atoms with E-state index < -0.39 is 6.04 Å². The van der Waals surface area contributed by atoms with Gasteiger partial charge in [0.2, 0.25) is 11.8 Å². The van der Waals surface area contributed by atoms with E-state index in [2.05, 4.69) is 31.3 Å². The Labute approximate surface area is 162 Å². The molecule has 1 heterocycles. The van der Waals surface area contributed by atoms with Crippen LogP contribution in [-0.4, -0.2) is 35.8 Å². The summed E-state index contributed by atoms with van der Waals surface area (Å²) in [5.41, 5.74) is 1.29. The first-order valence-electron chi connectivity index (χ1n) is 9.74. The van der Waals surface area contributed by atoms with Gasteiger partial charge in [0.05, 0.1) is 0 Å². The Morgan fingerprint density at radius 1 is 1.19 bits per heavy atom. The first-order valence-corrected chi connectivity index (χ1v) is 10.1. The van der Waals surface area contributed by atoms with Gasteiger partial charge in [0.15, 0.2) is 0 Å². The number of hydrogen-bond acceptors (Lipinski definition) is 2. The SMILES string of the molecule is CCC(NC(=O)CCC(C)C)C(=O)N1CCC(c2ccc(Cl)cc2)CC1. The molecule has 1 fully saturated rings. The number of carbonyl (C=O) groups excluding carboxylic acids is 2. The lowest BCUT2D eigenvalue weighted by atomic mass is 9.89. The van der Waals surface area contributed by atoms with E-state index in [1.807, 2.05) is 24.0 Å². The van der Waals surface area contributed by atoms with Crippen LogP contribution in [0.2, 0.25) is 5.02 Å². The third-order valence-electron chi connectivity index (χ3n) is 5.14. The lowest BCUT2D eigenvalue weighted by Gasteiger charge is -2.34. The molecule has 5 heteroatoms. The Balaban J connectivity index is 1.85. The molecule has 1 N–H and O–H groups in total. The van der Waals surface area contributed by atoms with Crippen LogP contribution in [0.15, 0.2) is 24.3 Å². The van der Waals surface area contributed by atoms with Gasteiger partial charge in [-0.25, -0.2) is 0 Å². The maximum absolute atomic E-state index is 12.8. The number of piperidine rings is 1. The standard InChI is InChI=1S/C21H31ClN2O2/c1-4-19(23-20(25)10-5-15(2)3)21(26)24-13-11-17(12-14-24)16-6-8-18(22)9-7-16/h6-9,15,17,19H,4-5,10-14H2,1-3H3,(H,23,25). The van der Waals surface area contributed by atoms with E-state index in [9.17, 15) is 9.59 Å². The van der Waals surface area contributed by atoms with E-state index in [-0.39, 0.29) is 11.8 Å². The van der Waals surface area contributed by atoms with Crippen LogP contribution in [0.4, 0.5) is 0 Å². The molecule has 0 aliphatic carbocycles. The molecule has 1 unspecified atom stereocenters. The second-order valence-electron chi connectivity index (χ2n) is 7.61. The monoisotopic (exact) mass is 378 g/mol. The highest BCUT2D eigenvalue weighted by atomic mass is 35.5. The fourth-order valence-corrected chi connectivity index (χ4v) is 3.54. The van der Waals surface area contributed by atoms with Crippen LogP contribution >= 0.6 is 11.6 Å². The molecule has 1 aromatic carbocycles. The minimum absolute atomic E-state index is 0.0186. The quantitative estimate of drug-likeness (QED) is 0.765. The molecule has 0 spiro atoms.